The smallest absolute Gasteiger partial charge is 0.287 e. The van der Waals surface area contributed by atoms with Crippen LogP contribution in [0.25, 0.3) is 0 Å². The maximum absolute atomic E-state index is 13.0. The van der Waals surface area contributed by atoms with Crippen LogP contribution in [0.5, 0.6) is 0 Å². The van der Waals surface area contributed by atoms with Gasteiger partial charge in [-0.25, -0.2) is 0 Å². The molecule has 1 aromatic rings. The van der Waals surface area contributed by atoms with Crippen LogP contribution in [0.2, 0.25) is 5.02 Å². The lowest BCUT2D eigenvalue weighted by molar-refractivity contribution is -0.387. The Morgan fingerprint density at radius 3 is 2.67 bits per heavy atom. The number of nitrogens with zero attached hydrogens (tertiary/aromatic N) is 1. The number of nitro groups is 1. The van der Waals surface area contributed by atoms with E-state index in [-0.39, 0.29) is 15.0 Å². The van der Waals surface area contributed by atoms with Crippen molar-refractivity contribution in [2.75, 3.05) is 0 Å². The molecule has 0 saturated carbocycles. The number of benzene rings is 1. The van der Waals surface area contributed by atoms with Gasteiger partial charge in [0.25, 0.3) is 0 Å². The van der Waals surface area contributed by atoms with Crippen molar-refractivity contribution in [2.45, 2.75) is 11.8 Å². The predicted molar refractivity (Wildman–Crippen MR) is 54.6 cm³/mol. The Labute approximate surface area is 93.6 Å². The van der Waals surface area contributed by atoms with E-state index in [1.54, 1.807) is 0 Å². The molecule has 0 unspecified atom stereocenters. The van der Waals surface area contributed by atoms with Crippen molar-refractivity contribution >= 4 is 34.2 Å². The molecule has 80 valence electrons. The maximum Gasteiger partial charge on any atom is 0.306 e. The summed E-state index contributed by atoms with van der Waals surface area (Å²) in [6, 6.07) is 1.77. The van der Waals surface area contributed by atoms with Gasteiger partial charge in [0.1, 0.15) is 0 Å². The normalized spacial score (nSPS) is 10.1. The van der Waals surface area contributed by atoms with Gasteiger partial charge in [0.05, 0.1) is 9.95 Å². The van der Waals surface area contributed by atoms with E-state index in [9.17, 15) is 19.3 Å². The Kier molecular flexibility index (Phi) is 3.65. The van der Waals surface area contributed by atoms with Gasteiger partial charge in [-0.1, -0.05) is 23.4 Å². The predicted octanol–water partition coefficient (Wildman–Crippen LogP) is 3.03. The van der Waals surface area contributed by atoms with Crippen LogP contribution in [0.4, 0.5) is 10.1 Å². The van der Waals surface area contributed by atoms with Gasteiger partial charge in [-0.15, -0.1) is 0 Å². The quantitative estimate of drug-likeness (QED) is 0.459. The number of hydrogen-bond donors (Lipinski definition) is 0. The molecule has 0 spiro atoms. The van der Waals surface area contributed by atoms with Crippen LogP contribution in [0.15, 0.2) is 17.0 Å². The average molecular weight is 250 g/mol. The highest BCUT2D eigenvalue weighted by atomic mass is 35.5. The standard InChI is InChI=1S/C8H5ClFNO3S/c1-4(12)15-8-3-7(11(13)14)6(10)2-5(8)9/h2-3H,1H3. The van der Waals surface area contributed by atoms with Crippen molar-refractivity contribution in [1.29, 1.82) is 0 Å². The van der Waals surface area contributed by atoms with Crippen LogP contribution >= 0.6 is 23.4 Å². The lowest BCUT2D eigenvalue weighted by atomic mass is 10.3. The van der Waals surface area contributed by atoms with E-state index in [0.717, 1.165) is 23.9 Å². The third-order valence-corrected chi connectivity index (χ3v) is 2.72. The summed E-state index contributed by atoms with van der Waals surface area (Å²) in [7, 11) is 0. The molecule has 0 atom stereocenters. The van der Waals surface area contributed by atoms with E-state index < -0.39 is 16.4 Å². The first-order valence-electron chi connectivity index (χ1n) is 3.73. The lowest BCUT2D eigenvalue weighted by Gasteiger charge is -2.01. The summed E-state index contributed by atoms with van der Waals surface area (Å²) in [6.07, 6.45) is 0. The van der Waals surface area contributed by atoms with E-state index in [4.69, 9.17) is 11.6 Å². The van der Waals surface area contributed by atoms with Gasteiger partial charge in [-0.3, -0.25) is 14.9 Å². The molecule has 0 saturated heterocycles. The molecule has 0 radical (unpaired) electrons. The maximum atomic E-state index is 13.0. The van der Waals surface area contributed by atoms with E-state index in [2.05, 4.69) is 0 Å². The Morgan fingerprint density at radius 1 is 1.60 bits per heavy atom. The molecule has 0 aliphatic rings. The minimum atomic E-state index is -1.02. The fraction of sp³-hybridized carbons (Fsp3) is 0.125. The van der Waals surface area contributed by atoms with Gasteiger partial charge in [0, 0.05) is 24.0 Å². The monoisotopic (exact) mass is 249 g/mol. The number of rotatable bonds is 2. The second-order valence-corrected chi connectivity index (χ2v) is 4.21. The molecule has 1 aromatic carbocycles. The lowest BCUT2D eigenvalue weighted by Crippen LogP contribution is -1.94. The van der Waals surface area contributed by atoms with Gasteiger partial charge in [-0.2, -0.15) is 4.39 Å². The Morgan fingerprint density at radius 2 is 2.20 bits per heavy atom. The van der Waals surface area contributed by atoms with Crippen molar-refractivity contribution < 1.29 is 14.1 Å². The number of halogens is 2. The molecule has 0 N–H and O–H groups in total. The summed E-state index contributed by atoms with van der Waals surface area (Å²) in [4.78, 5) is 20.5. The molecule has 0 fully saturated rings. The van der Waals surface area contributed by atoms with Crippen molar-refractivity contribution in [2.24, 2.45) is 0 Å². The third-order valence-electron chi connectivity index (χ3n) is 1.45. The minimum absolute atomic E-state index is 0.0155. The zero-order valence-electron chi connectivity index (χ0n) is 7.49. The Hall–Kier alpha value is -1.14. The highest BCUT2D eigenvalue weighted by molar-refractivity contribution is 8.13. The molecule has 4 nitrogen and oxygen atoms in total. The number of carbonyl (C=O) groups is 1. The zero-order valence-corrected chi connectivity index (χ0v) is 9.06. The van der Waals surface area contributed by atoms with Gasteiger partial charge >= 0.3 is 5.69 Å². The zero-order chi connectivity index (χ0) is 11.6. The first-order chi connectivity index (χ1) is 6.91. The summed E-state index contributed by atoms with van der Waals surface area (Å²) >= 11 is 6.34. The third kappa shape index (κ3) is 2.90. The second kappa shape index (κ2) is 4.59. The Balaban J connectivity index is 3.23. The van der Waals surface area contributed by atoms with E-state index in [1.807, 2.05) is 0 Å². The van der Waals surface area contributed by atoms with E-state index >= 15 is 0 Å². The highest BCUT2D eigenvalue weighted by Crippen LogP contribution is 2.33. The fourth-order valence-corrected chi connectivity index (χ4v) is 1.79. The molecule has 15 heavy (non-hydrogen) atoms. The van der Waals surface area contributed by atoms with Gasteiger partial charge in [0.15, 0.2) is 5.12 Å². The first-order valence-corrected chi connectivity index (χ1v) is 4.93. The molecule has 1 rings (SSSR count). The first kappa shape index (κ1) is 11.9. The number of thioether (sulfide) groups is 1. The molecule has 0 heterocycles. The van der Waals surface area contributed by atoms with Crippen molar-refractivity contribution in [3.63, 3.8) is 0 Å². The van der Waals surface area contributed by atoms with Crippen LogP contribution in [0.1, 0.15) is 6.92 Å². The van der Waals surface area contributed by atoms with Crippen LogP contribution in [0, 0.1) is 15.9 Å². The molecular formula is C8H5ClFNO3S. The minimum Gasteiger partial charge on any atom is -0.287 e. The topological polar surface area (TPSA) is 60.2 Å². The molecule has 0 aliphatic heterocycles. The largest absolute Gasteiger partial charge is 0.306 e. The van der Waals surface area contributed by atoms with E-state index in [1.165, 1.54) is 6.92 Å². The summed E-state index contributed by atoms with van der Waals surface area (Å²) in [5.41, 5.74) is -0.692. The van der Waals surface area contributed by atoms with Crippen molar-refractivity contribution in [3.05, 3.63) is 33.1 Å². The summed E-state index contributed by atoms with van der Waals surface area (Å²) in [5.74, 6) is -1.02. The number of hydrogen-bond acceptors (Lipinski definition) is 4. The molecule has 7 heteroatoms. The SMILES string of the molecule is CC(=O)Sc1cc([N+](=O)[O-])c(F)cc1Cl. The van der Waals surface area contributed by atoms with E-state index in [0.29, 0.717) is 0 Å². The Bertz CT molecular complexity index is 438. The summed E-state index contributed by atoms with van der Waals surface area (Å²) in [5, 5.41) is 10.1. The van der Waals surface area contributed by atoms with Gasteiger partial charge in [-0.05, 0) is 0 Å². The summed E-state index contributed by atoms with van der Waals surface area (Å²) in [6.45, 7) is 1.29. The van der Waals surface area contributed by atoms with Crippen LogP contribution in [0.3, 0.4) is 0 Å². The summed E-state index contributed by atoms with van der Waals surface area (Å²) < 4.78 is 13.0. The molecule has 0 aliphatic carbocycles. The van der Waals surface area contributed by atoms with Crippen LogP contribution in [-0.2, 0) is 4.79 Å². The number of nitro benzene ring substituents is 1. The van der Waals surface area contributed by atoms with Crippen LogP contribution in [-0.4, -0.2) is 10.0 Å². The van der Waals surface area contributed by atoms with Crippen molar-refractivity contribution in [3.8, 4) is 0 Å². The van der Waals surface area contributed by atoms with Crippen molar-refractivity contribution in [1.82, 2.24) is 0 Å². The second-order valence-electron chi connectivity index (χ2n) is 2.58. The van der Waals surface area contributed by atoms with Gasteiger partial charge in [0.2, 0.25) is 5.82 Å². The number of carbonyl (C=O) groups excluding carboxylic acids is 1. The fourth-order valence-electron chi connectivity index (χ4n) is 0.891. The van der Waals surface area contributed by atoms with Crippen LogP contribution < -0.4 is 0 Å². The molecule has 0 aromatic heterocycles. The molecular weight excluding hydrogens is 245 g/mol. The van der Waals surface area contributed by atoms with Gasteiger partial charge < -0.3 is 0 Å². The average Bonchev–Trinajstić information content (AvgIpc) is 2.08. The highest BCUT2D eigenvalue weighted by Gasteiger charge is 2.18. The molecule has 0 bridgehead atoms. The molecule has 0 amide bonds.